The Bertz CT molecular complexity index is 790. The van der Waals surface area contributed by atoms with Crippen molar-refractivity contribution in [3.05, 3.63) is 54.4 Å². The van der Waals surface area contributed by atoms with E-state index in [-0.39, 0.29) is 0 Å². The molecule has 2 saturated heterocycles. The molecular weight excluding hydrogens is 396 g/mol. The Labute approximate surface area is 194 Å². The summed E-state index contributed by atoms with van der Waals surface area (Å²) >= 11 is 0. The molecule has 0 spiro atoms. The van der Waals surface area contributed by atoms with Crippen molar-refractivity contribution in [2.45, 2.75) is 46.2 Å². The lowest BCUT2D eigenvalue weighted by Gasteiger charge is -2.39. The van der Waals surface area contributed by atoms with Crippen molar-refractivity contribution in [2.75, 3.05) is 45.8 Å². The minimum Gasteiger partial charge on any atom is -0.300 e. The van der Waals surface area contributed by atoms with Crippen LogP contribution in [0.2, 0.25) is 0 Å². The molecule has 0 saturated carbocycles. The van der Waals surface area contributed by atoms with Gasteiger partial charge in [0.2, 0.25) is 0 Å². The van der Waals surface area contributed by atoms with Gasteiger partial charge in [0.05, 0.1) is 6.54 Å². The summed E-state index contributed by atoms with van der Waals surface area (Å²) in [5.74, 6) is 3.19. The van der Waals surface area contributed by atoms with Crippen LogP contribution in [-0.4, -0.2) is 81.5 Å². The highest BCUT2D eigenvalue weighted by Crippen LogP contribution is 2.34. The van der Waals surface area contributed by atoms with E-state index in [4.69, 9.17) is 0 Å². The number of nitrogens with zero attached hydrogens (tertiary/aromatic N) is 6. The summed E-state index contributed by atoms with van der Waals surface area (Å²) in [5.41, 5.74) is 1.20. The van der Waals surface area contributed by atoms with Crippen molar-refractivity contribution < 1.29 is 0 Å². The third kappa shape index (κ3) is 6.33. The number of aromatic nitrogens is 3. The normalized spacial score (nSPS) is 24.2. The van der Waals surface area contributed by atoms with E-state index in [1.807, 2.05) is 30.7 Å². The van der Waals surface area contributed by atoms with E-state index in [9.17, 15) is 0 Å². The van der Waals surface area contributed by atoms with Gasteiger partial charge in [-0.05, 0) is 49.3 Å². The molecule has 0 aromatic carbocycles. The molecule has 0 amide bonds. The molecule has 4 heterocycles. The summed E-state index contributed by atoms with van der Waals surface area (Å²) in [4.78, 5) is 21.3. The van der Waals surface area contributed by atoms with Gasteiger partial charge in [-0.2, -0.15) is 0 Å². The van der Waals surface area contributed by atoms with Gasteiger partial charge < -0.3 is 4.90 Å². The first-order chi connectivity index (χ1) is 15.6. The number of pyridine rings is 1. The van der Waals surface area contributed by atoms with Crippen molar-refractivity contribution in [1.82, 2.24) is 29.7 Å². The fourth-order valence-electron chi connectivity index (χ4n) is 5.57. The molecule has 3 atom stereocenters. The minimum absolute atomic E-state index is 0.645. The van der Waals surface area contributed by atoms with Crippen LogP contribution < -0.4 is 0 Å². The van der Waals surface area contributed by atoms with Gasteiger partial charge in [-0.25, -0.2) is 9.97 Å². The average molecular weight is 437 g/mol. The third-order valence-corrected chi connectivity index (χ3v) is 7.49. The third-order valence-electron chi connectivity index (χ3n) is 7.49. The molecular formula is C26H40N6. The SMILES string of the molecule is CC(C)C1CN(Cc2ncccn2)CC1CC(C)N1CCN(CCc2ccccn2)CC1. The van der Waals surface area contributed by atoms with Crippen LogP contribution in [0.3, 0.4) is 0 Å². The highest BCUT2D eigenvalue weighted by molar-refractivity contribution is 5.04. The molecule has 6 heteroatoms. The number of rotatable bonds is 9. The number of hydrogen-bond donors (Lipinski definition) is 0. The molecule has 174 valence electrons. The maximum atomic E-state index is 4.47. The van der Waals surface area contributed by atoms with Crippen LogP contribution in [0.5, 0.6) is 0 Å². The molecule has 2 aromatic rings. The van der Waals surface area contributed by atoms with Crippen molar-refractivity contribution in [3.63, 3.8) is 0 Å². The number of hydrogen-bond acceptors (Lipinski definition) is 6. The second-order valence-corrected chi connectivity index (χ2v) is 10.1. The predicted molar refractivity (Wildman–Crippen MR) is 129 cm³/mol. The van der Waals surface area contributed by atoms with Gasteiger partial charge in [-0.3, -0.25) is 14.8 Å². The fourth-order valence-corrected chi connectivity index (χ4v) is 5.57. The molecule has 2 aliphatic rings. The molecule has 2 fully saturated rings. The highest BCUT2D eigenvalue weighted by atomic mass is 15.3. The zero-order valence-corrected chi connectivity index (χ0v) is 20.1. The molecule has 32 heavy (non-hydrogen) atoms. The Balaban J connectivity index is 1.24. The van der Waals surface area contributed by atoms with Crippen LogP contribution in [0.25, 0.3) is 0 Å². The second-order valence-electron chi connectivity index (χ2n) is 10.1. The largest absolute Gasteiger partial charge is 0.300 e. The van der Waals surface area contributed by atoms with Gasteiger partial charge in [0, 0.05) is 82.6 Å². The molecule has 2 aliphatic heterocycles. The molecule has 0 N–H and O–H groups in total. The van der Waals surface area contributed by atoms with Gasteiger partial charge in [-0.15, -0.1) is 0 Å². The lowest BCUT2D eigenvalue weighted by molar-refractivity contribution is 0.0874. The Kier molecular flexibility index (Phi) is 8.22. The Morgan fingerprint density at radius 2 is 1.62 bits per heavy atom. The lowest BCUT2D eigenvalue weighted by Crippen LogP contribution is -2.50. The Morgan fingerprint density at radius 1 is 0.875 bits per heavy atom. The van der Waals surface area contributed by atoms with Gasteiger partial charge in [0.15, 0.2) is 0 Å². The quantitative estimate of drug-likeness (QED) is 0.602. The monoisotopic (exact) mass is 436 g/mol. The molecule has 0 aliphatic carbocycles. The standard InChI is InChI=1S/C26H40N6/c1-21(2)25-19-31(20-26-28-10-6-11-29-26)18-23(25)17-22(3)32-15-13-30(14-16-32)12-8-24-7-4-5-9-27-24/h4-7,9-11,21-23,25H,8,12-20H2,1-3H3. The zero-order chi connectivity index (χ0) is 22.3. The van der Waals surface area contributed by atoms with Crippen LogP contribution in [0.1, 0.15) is 38.7 Å². The first-order valence-electron chi connectivity index (χ1n) is 12.4. The van der Waals surface area contributed by atoms with Crippen LogP contribution in [0, 0.1) is 17.8 Å². The van der Waals surface area contributed by atoms with E-state index in [0.717, 1.165) is 43.1 Å². The summed E-state index contributed by atoms with van der Waals surface area (Å²) in [6.07, 6.45) is 7.95. The van der Waals surface area contributed by atoms with Crippen molar-refractivity contribution in [3.8, 4) is 0 Å². The molecule has 6 nitrogen and oxygen atoms in total. The summed E-state index contributed by atoms with van der Waals surface area (Å²) in [6, 6.07) is 8.76. The topological polar surface area (TPSA) is 48.4 Å². The molecule has 0 radical (unpaired) electrons. The van der Waals surface area contributed by atoms with Crippen LogP contribution in [0.15, 0.2) is 42.9 Å². The molecule has 3 unspecified atom stereocenters. The van der Waals surface area contributed by atoms with Gasteiger partial charge >= 0.3 is 0 Å². The zero-order valence-electron chi connectivity index (χ0n) is 20.1. The maximum Gasteiger partial charge on any atom is 0.142 e. The summed E-state index contributed by atoms with van der Waals surface area (Å²) < 4.78 is 0. The Hall–Kier alpha value is -1.89. The Morgan fingerprint density at radius 3 is 2.31 bits per heavy atom. The predicted octanol–water partition coefficient (Wildman–Crippen LogP) is 3.21. The first kappa shape index (κ1) is 23.3. The lowest BCUT2D eigenvalue weighted by atomic mass is 9.82. The van der Waals surface area contributed by atoms with Crippen molar-refractivity contribution in [2.24, 2.45) is 17.8 Å². The van der Waals surface area contributed by atoms with Crippen LogP contribution in [0.4, 0.5) is 0 Å². The van der Waals surface area contributed by atoms with Crippen LogP contribution >= 0.6 is 0 Å². The van der Waals surface area contributed by atoms with Crippen molar-refractivity contribution >= 4 is 0 Å². The van der Waals surface area contributed by atoms with E-state index in [1.54, 1.807) is 0 Å². The molecule has 4 rings (SSSR count). The second kappa shape index (κ2) is 11.3. The number of piperazine rings is 1. The maximum absolute atomic E-state index is 4.47. The van der Waals surface area contributed by atoms with E-state index >= 15 is 0 Å². The van der Waals surface area contributed by atoms with E-state index < -0.39 is 0 Å². The fraction of sp³-hybridized carbons (Fsp3) is 0.654. The first-order valence-corrected chi connectivity index (χ1v) is 12.4. The summed E-state index contributed by atoms with van der Waals surface area (Å²) in [5, 5.41) is 0. The highest BCUT2D eigenvalue weighted by Gasteiger charge is 2.36. The summed E-state index contributed by atoms with van der Waals surface area (Å²) in [6.45, 7) is 16.3. The van der Waals surface area contributed by atoms with E-state index in [2.05, 4.69) is 62.6 Å². The number of likely N-dealkylation sites (tertiary alicyclic amines) is 1. The smallest absolute Gasteiger partial charge is 0.142 e. The van der Waals surface area contributed by atoms with Crippen LogP contribution in [-0.2, 0) is 13.0 Å². The molecule has 0 bridgehead atoms. The molecule has 2 aromatic heterocycles. The average Bonchev–Trinajstić information content (AvgIpc) is 3.21. The van der Waals surface area contributed by atoms with E-state index in [0.29, 0.717) is 6.04 Å². The van der Waals surface area contributed by atoms with Gasteiger partial charge in [-0.1, -0.05) is 19.9 Å². The minimum atomic E-state index is 0.645. The van der Waals surface area contributed by atoms with Crippen molar-refractivity contribution in [1.29, 1.82) is 0 Å². The van der Waals surface area contributed by atoms with Gasteiger partial charge in [0.25, 0.3) is 0 Å². The summed E-state index contributed by atoms with van der Waals surface area (Å²) in [7, 11) is 0. The van der Waals surface area contributed by atoms with E-state index in [1.165, 1.54) is 51.4 Å². The van der Waals surface area contributed by atoms with Gasteiger partial charge in [0.1, 0.15) is 5.82 Å².